The smallest absolute Gasteiger partial charge is 0.147 e. The number of ether oxygens (including phenoxy) is 1. The van der Waals surface area contributed by atoms with Crippen LogP contribution in [-0.2, 0) is 0 Å². The maximum absolute atomic E-state index is 5.51. The number of rotatable bonds is 4. The monoisotopic (exact) mass is 372 g/mol. The molecule has 0 aliphatic rings. The molecule has 0 amide bonds. The summed E-state index contributed by atoms with van der Waals surface area (Å²) in [4.78, 5) is 0. The Labute approximate surface area is 121 Å². The molecule has 0 fully saturated rings. The molecule has 94 valence electrons. The van der Waals surface area contributed by atoms with Crippen molar-refractivity contribution in [2.24, 2.45) is 5.10 Å². The van der Waals surface area contributed by atoms with Gasteiger partial charge >= 0.3 is 0 Å². The second-order valence-corrected chi connectivity index (χ2v) is 5.04. The largest absolute Gasteiger partial charge is 0.492 e. The predicted molar refractivity (Wildman–Crippen MR) is 76.0 cm³/mol. The second-order valence-electron chi connectivity index (χ2n) is 3.33. The highest BCUT2D eigenvalue weighted by Gasteiger charge is 2.07. The summed E-state index contributed by atoms with van der Waals surface area (Å²) in [5, 5.41) is 11.5. The van der Waals surface area contributed by atoms with Crippen LogP contribution in [0.1, 0.15) is 12.5 Å². The summed E-state index contributed by atoms with van der Waals surface area (Å²) in [5.74, 6) is 0.791. The predicted octanol–water partition coefficient (Wildman–Crippen LogP) is 3.08. The van der Waals surface area contributed by atoms with E-state index in [0.29, 0.717) is 6.61 Å². The SMILES string of the molecule is CCOc1c(Br)cc(/C=N\n2cnnc2)cc1Br. The molecule has 0 saturated heterocycles. The summed E-state index contributed by atoms with van der Waals surface area (Å²) >= 11 is 6.94. The maximum atomic E-state index is 5.51. The van der Waals surface area contributed by atoms with Gasteiger partial charge in [-0.25, -0.2) is 4.68 Å². The van der Waals surface area contributed by atoms with Crippen molar-refractivity contribution in [3.63, 3.8) is 0 Å². The van der Waals surface area contributed by atoms with Crippen molar-refractivity contribution in [2.45, 2.75) is 6.92 Å². The van der Waals surface area contributed by atoms with E-state index >= 15 is 0 Å². The molecule has 0 N–H and O–H groups in total. The molecule has 1 heterocycles. The van der Waals surface area contributed by atoms with Gasteiger partial charge in [0.15, 0.2) is 0 Å². The fourth-order valence-corrected chi connectivity index (χ4v) is 2.78. The topological polar surface area (TPSA) is 52.3 Å². The van der Waals surface area contributed by atoms with Crippen LogP contribution in [0, 0.1) is 0 Å². The van der Waals surface area contributed by atoms with Crippen molar-refractivity contribution in [1.82, 2.24) is 14.9 Å². The summed E-state index contributed by atoms with van der Waals surface area (Å²) in [6.07, 6.45) is 4.76. The van der Waals surface area contributed by atoms with Crippen LogP contribution in [-0.4, -0.2) is 27.7 Å². The van der Waals surface area contributed by atoms with Crippen LogP contribution in [0.5, 0.6) is 5.75 Å². The van der Waals surface area contributed by atoms with E-state index < -0.39 is 0 Å². The molecule has 0 unspecified atom stereocenters. The van der Waals surface area contributed by atoms with Gasteiger partial charge in [0, 0.05) is 0 Å². The molecule has 0 bridgehead atoms. The van der Waals surface area contributed by atoms with Gasteiger partial charge in [0.25, 0.3) is 0 Å². The van der Waals surface area contributed by atoms with Gasteiger partial charge in [-0.1, -0.05) is 0 Å². The van der Waals surface area contributed by atoms with Crippen molar-refractivity contribution in [3.05, 3.63) is 39.3 Å². The first-order valence-corrected chi connectivity index (χ1v) is 6.80. The summed E-state index contributed by atoms with van der Waals surface area (Å²) < 4.78 is 8.79. The normalized spacial score (nSPS) is 11.1. The van der Waals surface area contributed by atoms with E-state index in [1.807, 2.05) is 19.1 Å². The minimum Gasteiger partial charge on any atom is -0.492 e. The van der Waals surface area contributed by atoms with Crippen molar-refractivity contribution < 1.29 is 4.74 Å². The minimum absolute atomic E-state index is 0.616. The lowest BCUT2D eigenvalue weighted by Gasteiger charge is -2.08. The molecule has 0 radical (unpaired) electrons. The Morgan fingerprint density at radius 3 is 2.44 bits per heavy atom. The number of benzene rings is 1. The molecule has 0 aliphatic heterocycles. The lowest BCUT2D eigenvalue weighted by atomic mass is 10.2. The highest BCUT2D eigenvalue weighted by molar-refractivity contribution is 9.11. The Morgan fingerprint density at radius 2 is 1.89 bits per heavy atom. The van der Waals surface area contributed by atoms with Gasteiger partial charge in [0.05, 0.1) is 21.8 Å². The van der Waals surface area contributed by atoms with Gasteiger partial charge in [0.1, 0.15) is 18.4 Å². The highest BCUT2D eigenvalue weighted by atomic mass is 79.9. The van der Waals surface area contributed by atoms with E-state index in [-0.39, 0.29) is 0 Å². The van der Waals surface area contributed by atoms with Crippen LogP contribution in [0.25, 0.3) is 0 Å². The number of halogens is 2. The van der Waals surface area contributed by atoms with Crippen molar-refractivity contribution in [2.75, 3.05) is 6.61 Å². The Hall–Kier alpha value is -1.21. The van der Waals surface area contributed by atoms with Crippen molar-refractivity contribution in [1.29, 1.82) is 0 Å². The van der Waals surface area contributed by atoms with Gasteiger partial charge in [0.2, 0.25) is 0 Å². The molecule has 1 aromatic heterocycles. The summed E-state index contributed by atoms with van der Waals surface area (Å²) in [6.45, 7) is 2.56. The molecule has 5 nitrogen and oxygen atoms in total. The Morgan fingerprint density at radius 1 is 1.28 bits per heavy atom. The van der Waals surface area contributed by atoms with E-state index in [9.17, 15) is 0 Å². The zero-order valence-corrected chi connectivity index (χ0v) is 12.7. The van der Waals surface area contributed by atoms with Crippen molar-refractivity contribution >= 4 is 38.1 Å². The molecule has 0 aliphatic carbocycles. The molecule has 0 spiro atoms. The number of hydrogen-bond donors (Lipinski definition) is 0. The van der Waals surface area contributed by atoms with Gasteiger partial charge < -0.3 is 4.74 Å². The van der Waals surface area contributed by atoms with Crippen LogP contribution in [0.15, 0.2) is 38.8 Å². The zero-order valence-electron chi connectivity index (χ0n) is 9.55. The van der Waals surface area contributed by atoms with Crippen molar-refractivity contribution in [3.8, 4) is 5.75 Å². The first-order chi connectivity index (χ1) is 8.70. The van der Waals surface area contributed by atoms with Gasteiger partial charge in [-0.05, 0) is 56.5 Å². The maximum Gasteiger partial charge on any atom is 0.147 e. The third-order valence-electron chi connectivity index (χ3n) is 2.06. The minimum atomic E-state index is 0.616. The van der Waals surface area contributed by atoms with E-state index in [2.05, 4.69) is 47.2 Å². The van der Waals surface area contributed by atoms with Gasteiger partial charge in [-0.15, -0.1) is 10.2 Å². The van der Waals surface area contributed by atoms with Crippen LogP contribution >= 0.6 is 31.9 Å². The molecule has 0 atom stereocenters. The van der Waals surface area contributed by atoms with E-state index in [4.69, 9.17) is 4.74 Å². The summed E-state index contributed by atoms with van der Waals surface area (Å²) in [5.41, 5.74) is 0.936. The lowest BCUT2D eigenvalue weighted by Crippen LogP contribution is -1.95. The molecule has 0 saturated carbocycles. The zero-order chi connectivity index (χ0) is 13.0. The molecular formula is C11H10Br2N4O. The number of hydrogen-bond acceptors (Lipinski definition) is 4. The first kappa shape index (κ1) is 13.2. The first-order valence-electron chi connectivity index (χ1n) is 5.21. The van der Waals surface area contributed by atoms with Crippen LogP contribution in [0.4, 0.5) is 0 Å². The summed E-state index contributed by atoms with van der Waals surface area (Å²) in [7, 11) is 0. The van der Waals surface area contributed by atoms with Gasteiger partial charge in [-0.2, -0.15) is 5.10 Å². The quantitative estimate of drug-likeness (QED) is 0.774. The molecular weight excluding hydrogens is 364 g/mol. The molecule has 7 heteroatoms. The number of nitrogens with zero attached hydrogens (tertiary/aromatic N) is 4. The van der Waals surface area contributed by atoms with E-state index in [1.165, 1.54) is 17.3 Å². The Bertz CT molecular complexity index is 531. The average molecular weight is 374 g/mol. The number of aromatic nitrogens is 3. The van der Waals surface area contributed by atoms with Crippen LogP contribution < -0.4 is 4.74 Å². The van der Waals surface area contributed by atoms with Gasteiger partial charge in [-0.3, -0.25) is 0 Å². The Kier molecular flexibility index (Phi) is 4.48. The third-order valence-corrected chi connectivity index (χ3v) is 3.23. The molecule has 2 aromatic rings. The van der Waals surface area contributed by atoms with E-state index in [0.717, 1.165) is 20.3 Å². The second kappa shape index (κ2) is 6.10. The fraction of sp³-hybridized carbons (Fsp3) is 0.182. The van der Waals surface area contributed by atoms with E-state index in [1.54, 1.807) is 6.21 Å². The highest BCUT2D eigenvalue weighted by Crippen LogP contribution is 2.34. The Balaban J connectivity index is 2.25. The standard InChI is InChI=1S/C11H10Br2N4O/c1-2-18-11-9(12)3-8(4-10(11)13)5-16-17-6-14-15-7-17/h3-7H,2H2,1H3/b16-5-. The average Bonchev–Trinajstić information content (AvgIpc) is 2.84. The van der Waals surface area contributed by atoms with Crippen LogP contribution in [0.2, 0.25) is 0 Å². The third kappa shape index (κ3) is 3.17. The molecule has 2 rings (SSSR count). The molecule has 1 aromatic carbocycles. The summed E-state index contributed by atoms with van der Waals surface area (Å²) in [6, 6.07) is 3.87. The fourth-order valence-electron chi connectivity index (χ4n) is 1.32. The van der Waals surface area contributed by atoms with Crippen LogP contribution in [0.3, 0.4) is 0 Å². The lowest BCUT2D eigenvalue weighted by molar-refractivity contribution is 0.336. The molecule has 18 heavy (non-hydrogen) atoms.